The molecule has 5 nitrogen and oxygen atoms in total. The molecule has 1 amide bonds. The maximum atomic E-state index is 13.9. The molecule has 0 atom stereocenters. The van der Waals surface area contributed by atoms with Crippen LogP contribution in [0.1, 0.15) is 12.0 Å². The van der Waals surface area contributed by atoms with E-state index in [9.17, 15) is 22.4 Å². The van der Waals surface area contributed by atoms with Crippen molar-refractivity contribution in [1.82, 2.24) is 15.1 Å². The van der Waals surface area contributed by atoms with Crippen molar-refractivity contribution in [3.8, 4) is 0 Å². The highest BCUT2D eigenvalue weighted by molar-refractivity contribution is 7.80. The summed E-state index contributed by atoms with van der Waals surface area (Å²) in [5.41, 5.74) is 0.320. The van der Waals surface area contributed by atoms with E-state index < -0.39 is 29.0 Å². The molecule has 0 bridgehead atoms. The van der Waals surface area contributed by atoms with Crippen molar-refractivity contribution in [3.05, 3.63) is 65.2 Å². The summed E-state index contributed by atoms with van der Waals surface area (Å²) in [5, 5.41) is 5.25. The van der Waals surface area contributed by atoms with Gasteiger partial charge in [-0.15, -0.1) is 0 Å². The number of rotatable bonds is 6. The van der Waals surface area contributed by atoms with E-state index in [-0.39, 0.29) is 23.6 Å². The quantitative estimate of drug-likeness (QED) is 0.295. The molecule has 3 rings (SSSR count). The standard InChI is InChI=1S/C22H24F4N4OS/c23-16-13-17(24)21(20(26)19(16)25)28-22(32)30-10-4-9-29(11-12-30)14-18(31)27-8-7-15-5-2-1-3-6-15/h1-3,5-6,13H,4,7-12,14H2,(H,27,31)(H,28,32). The van der Waals surface area contributed by atoms with Gasteiger partial charge >= 0.3 is 0 Å². The summed E-state index contributed by atoms with van der Waals surface area (Å²) in [6.07, 6.45) is 1.42. The van der Waals surface area contributed by atoms with Gasteiger partial charge in [0.05, 0.1) is 6.54 Å². The lowest BCUT2D eigenvalue weighted by Crippen LogP contribution is -2.41. The summed E-state index contributed by atoms with van der Waals surface area (Å²) in [6.45, 7) is 2.84. The lowest BCUT2D eigenvalue weighted by atomic mass is 10.1. The highest BCUT2D eigenvalue weighted by Gasteiger charge is 2.23. The Balaban J connectivity index is 1.47. The van der Waals surface area contributed by atoms with Crippen LogP contribution in [0.15, 0.2) is 36.4 Å². The van der Waals surface area contributed by atoms with E-state index in [0.29, 0.717) is 39.1 Å². The van der Waals surface area contributed by atoms with Gasteiger partial charge in [0, 0.05) is 38.8 Å². The minimum absolute atomic E-state index is 0.00275. The molecular formula is C22H24F4N4OS. The van der Waals surface area contributed by atoms with E-state index in [0.717, 1.165) is 12.0 Å². The van der Waals surface area contributed by atoms with Crippen molar-refractivity contribution in [2.45, 2.75) is 12.8 Å². The Bertz CT molecular complexity index is 961. The Hall–Kier alpha value is -2.72. The second-order valence-electron chi connectivity index (χ2n) is 7.48. The predicted octanol–water partition coefficient (Wildman–Crippen LogP) is 3.31. The number of nitrogens with zero attached hydrogens (tertiary/aromatic N) is 2. The molecule has 2 aromatic carbocycles. The van der Waals surface area contributed by atoms with Crippen LogP contribution >= 0.6 is 12.2 Å². The average molecular weight is 469 g/mol. The molecule has 172 valence electrons. The van der Waals surface area contributed by atoms with Gasteiger partial charge in [-0.3, -0.25) is 9.69 Å². The number of nitrogens with one attached hydrogen (secondary N) is 2. The molecule has 0 spiro atoms. The fourth-order valence-electron chi connectivity index (χ4n) is 3.45. The Morgan fingerprint density at radius 3 is 2.47 bits per heavy atom. The van der Waals surface area contributed by atoms with Gasteiger partial charge in [-0.25, -0.2) is 17.6 Å². The first-order chi connectivity index (χ1) is 15.3. The largest absolute Gasteiger partial charge is 0.355 e. The van der Waals surface area contributed by atoms with Gasteiger partial charge in [0.1, 0.15) is 5.69 Å². The van der Waals surface area contributed by atoms with E-state index in [4.69, 9.17) is 12.2 Å². The molecule has 1 aliphatic rings. The highest BCUT2D eigenvalue weighted by atomic mass is 32.1. The van der Waals surface area contributed by atoms with Crippen LogP contribution in [0, 0.1) is 23.3 Å². The topological polar surface area (TPSA) is 47.6 Å². The number of hydrogen-bond acceptors (Lipinski definition) is 3. The molecule has 1 fully saturated rings. The van der Waals surface area contributed by atoms with Crippen molar-refractivity contribution in [1.29, 1.82) is 0 Å². The lowest BCUT2D eigenvalue weighted by Gasteiger charge is -2.25. The summed E-state index contributed by atoms with van der Waals surface area (Å²) < 4.78 is 54.3. The zero-order valence-corrected chi connectivity index (χ0v) is 18.2. The van der Waals surface area contributed by atoms with Gasteiger partial charge in [0.2, 0.25) is 5.91 Å². The molecule has 0 unspecified atom stereocenters. The third-order valence-corrected chi connectivity index (χ3v) is 5.53. The molecule has 2 N–H and O–H groups in total. The van der Waals surface area contributed by atoms with Crippen molar-refractivity contribution in [2.75, 3.05) is 44.6 Å². The first-order valence-electron chi connectivity index (χ1n) is 10.3. The van der Waals surface area contributed by atoms with Gasteiger partial charge in [-0.05, 0) is 30.6 Å². The maximum absolute atomic E-state index is 13.9. The summed E-state index contributed by atoms with van der Waals surface area (Å²) in [4.78, 5) is 15.9. The maximum Gasteiger partial charge on any atom is 0.234 e. The smallest absolute Gasteiger partial charge is 0.234 e. The van der Waals surface area contributed by atoms with Crippen molar-refractivity contribution >= 4 is 28.9 Å². The van der Waals surface area contributed by atoms with Crippen LogP contribution in [0.5, 0.6) is 0 Å². The van der Waals surface area contributed by atoms with E-state index in [1.54, 1.807) is 4.90 Å². The Morgan fingerprint density at radius 1 is 0.969 bits per heavy atom. The number of anilines is 1. The molecule has 32 heavy (non-hydrogen) atoms. The molecule has 1 saturated heterocycles. The van der Waals surface area contributed by atoms with Crippen molar-refractivity contribution < 1.29 is 22.4 Å². The van der Waals surface area contributed by atoms with Crippen LogP contribution in [-0.2, 0) is 11.2 Å². The van der Waals surface area contributed by atoms with Crippen LogP contribution in [0.2, 0.25) is 0 Å². The van der Waals surface area contributed by atoms with Gasteiger partial charge in [-0.1, -0.05) is 30.3 Å². The van der Waals surface area contributed by atoms with Crippen LogP contribution in [-0.4, -0.2) is 60.1 Å². The Kier molecular flexibility index (Phi) is 8.40. The van der Waals surface area contributed by atoms with Gasteiger partial charge < -0.3 is 15.5 Å². The average Bonchev–Trinajstić information content (AvgIpc) is 3.01. The fraction of sp³-hybridized carbons (Fsp3) is 0.364. The van der Waals surface area contributed by atoms with Gasteiger partial charge in [-0.2, -0.15) is 0 Å². The number of amides is 1. The predicted molar refractivity (Wildman–Crippen MR) is 118 cm³/mol. The minimum atomic E-state index is -1.77. The normalized spacial score (nSPS) is 14.7. The fourth-order valence-corrected chi connectivity index (χ4v) is 3.73. The van der Waals surface area contributed by atoms with Crippen LogP contribution in [0.25, 0.3) is 0 Å². The molecule has 0 radical (unpaired) electrons. The number of benzene rings is 2. The van der Waals surface area contributed by atoms with Crippen molar-refractivity contribution in [2.24, 2.45) is 0 Å². The third kappa shape index (κ3) is 6.39. The van der Waals surface area contributed by atoms with E-state index in [2.05, 4.69) is 10.6 Å². The molecule has 1 aliphatic heterocycles. The summed E-state index contributed by atoms with van der Waals surface area (Å²) in [5.74, 6) is -6.39. The molecule has 0 aliphatic carbocycles. The number of thiocarbonyl (C=S) groups is 1. The summed E-state index contributed by atoms with van der Waals surface area (Å²) >= 11 is 5.21. The second-order valence-corrected chi connectivity index (χ2v) is 7.86. The van der Waals surface area contributed by atoms with Crippen molar-refractivity contribution in [3.63, 3.8) is 0 Å². The number of hydrogen-bond donors (Lipinski definition) is 2. The Morgan fingerprint density at radius 2 is 1.72 bits per heavy atom. The van der Waals surface area contributed by atoms with Gasteiger partial charge in [0.25, 0.3) is 0 Å². The SMILES string of the molecule is O=C(CN1CCCN(C(=S)Nc2c(F)cc(F)c(F)c2F)CC1)NCCc1ccccc1. The lowest BCUT2D eigenvalue weighted by molar-refractivity contribution is -0.122. The molecule has 1 heterocycles. The van der Waals surface area contributed by atoms with Crippen LogP contribution in [0.4, 0.5) is 23.2 Å². The number of carbonyl (C=O) groups excluding carboxylic acids is 1. The zero-order chi connectivity index (χ0) is 23.1. The first kappa shape index (κ1) is 23.9. The monoisotopic (exact) mass is 468 g/mol. The van der Waals surface area contributed by atoms with E-state index in [1.807, 2.05) is 35.2 Å². The molecule has 0 aromatic heterocycles. The Labute approximate surface area is 189 Å². The first-order valence-corrected chi connectivity index (χ1v) is 10.7. The molecule has 10 heteroatoms. The highest BCUT2D eigenvalue weighted by Crippen LogP contribution is 2.24. The summed E-state index contributed by atoms with van der Waals surface area (Å²) in [7, 11) is 0. The summed E-state index contributed by atoms with van der Waals surface area (Å²) in [6, 6.07) is 10.1. The van der Waals surface area contributed by atoms with E-state index >= 15 is 0 Å². The molecule has 0 saturated carbocycles. The zero-order valence-electron chi connectivity index (χ0n) is 17.3. The van der Waals surface area contributed by atoms with Crippen LogP contribution < -0.4 is 10.6 Å². The minimum Gasteiger partial charge on any atom is -0.355 e. The number of halogens is 4. The van der Waals surface area contributed by atoms with Crippen LogP contribution in [0.3, 0.4) is 0 Å². The third-order valence-electron chi connectivity index (χ3n) is 5.17. The molecule has 2 aromatic rings. The number of carbonyl (C=O) groups is 1. The van der Waals surface area contributed by atoms with E-state index in [1.165, 1.54) is 0 Å². The molecular weight excluding hydrogens is 444 g/mol. The van der Waals surface area contributed by atoms with Gasteiger partial charge in [0.15, 0.2) is 28.4 Å². The second kappa shape index (κ2) is 11.2.